The van der Waals surface area contributed by atoms with Crippen molar-refractivity contribution in [3.05, 3.63) is 87.8 Å². The number of aromatic hydroxyl groups is 1. The Balaban J connectivity index is 1.55. The minimum absolute atomic E-state index is 0.0570. The molecule has 0 bridgehead atoms. The summed E-state index contributed by atoms with van der Waals surface area (Å²) in [6.45, 7) is 2.58. The van der Waals surface area contributed by atoms with Crippen molar-refractivity contribution in [3.63, 3.8) is 0 Å². The molecule has 168 valence electrons. The Bertz CT molecular complexity index is 1230. The molecule has 4 rings (SSSR count). The molecule has 3 aromatic carbocycles. The lowest BCUT2D eigenvalue weighted by atomic mass is 10.1. The predicted octanol–water partition coefficient (Wildman–Crippen LogP) is 6.26. The predicted molar refractivity (Wildman–Crippen MR) is 130 cm³/mol. The van der Waals surface area contributed by atoms with Crippen molar-refractivity contribution in [3.8, 4) is 17.2 Å². The van der Waals surface area contributed by atoms with E-state index in [-0.39, 0.29) is 12.4 Å². The molecule has 1 aliphatic rings. The number of halogens is 1. The average Bonchev–Trinajstić information content (AvgIpc) is 3.08. The number of imide groups is 1. The van der Waals surface area contributed by atoms with Crippen molar-refractivity contribution in [2.45, 2.75) is 13.5 Å². The number of anilines is 1. The quantitative estimate of drug-likeness (QED) is 0.401. The van der Waals surface area contributed by atoms with E-state index >= 15 is 0 Å². The van der Waals surface area contributed by atoms with Crippen molar-refractivity contribution in [1.29, 1.82) is 0 Å². The number of rotatable bonds is 7. The molecular formula is C25H20ClNO5S. The van der Waals surface area contributed by atoms with Crippen molar-refractivity contribution in [1.82, 2.24) is 0 Å². The molecule has 0 aromatic heterocycles. The van der Waals surface area contributed by atoms with Gasteiger partial charge in [0.15, 0.2) is 11.5 Å². The minimum atomic E-state index is -0.423. The van der Waals surface area contributed by atoms with Gasteiger partial charge in [0.25, 0.3) is 11.1 Å². The van der Waals surface area contributed by atoms with Gasteiger partial charge in [-0.05, 0) is 72.8 Å². The molecule has 0 radical (unpaired) electrons. The second kappa shape index (κ2) is 10.0. The highest BCUT2D eigenvalue weighted by Gasteiger charge is 2.36. The molecule has 0 atom stereocenters. The second-order valence-corrected chi connectivity index (χ2v) is 8.45. The Hall–Kier alpha value is -3.42. The molecule has 1 N–H and O–H groups in total. The first kappa shape index (κ1) is 22.8. The standard InChI is InChI=1S/C25H20ClNO5S/c1-2-31-22-13-16(7-12-21(22)32-15-17-5-3-4-6-20(17)26)14-23-24(29)27(25(30)33-23)18-8-10-19(28)11-9-18/h3-14,28H,2,15H2,1H3/b23-14-. The highest BCUT2D eigenvalue weighted by molar-refractivity contribution is 8.19. The van der Waals surface area contributed by atoms with Crippen LogP contribution in [0.15, 0.2) is 71.6 Å². The summed E-state index contributed by atoms with van der Waals surface area (Å²) in [6.07, 6.45) is 1.64. The smallest absolute Gasteiger partial charge is 0.298 e. The molecule has 1 fully saturated rings. The van der Waals surface area contributed by atoms with Crippen LogP contribution in [0.5, 0.6) is 17.2 Å². The lowest BCUT2D eigenvalue weighted by molar-refractivity contribution is -0.113. The summed E-state index contributed by atoms with van der Waals surface area (Å²) in [4.78, 5) is 26.7. The number of thioether (sulfide) groups is 1. The van der Waals surface area contributed by atoms with E-state index in [1.165, 1.54) is 24.3 Å². The number of hydrogen-bond acceptors (Lipinski definition) is 6. The van der Waals surface area contributed by atoms with Gasteiger partial charge in [-0.2, -0.15) is 0 Å². The van der Waals surface area contributed by atoms with E-state index in [0.29, 0.717) is 39.3 Å². The number of hydrogen-bond donors (Lipinski definition) is 1. The molecular weight excluding hydrogens is 462 g/mol. The van der Waals surface area contributed by atoms with E-state index in [1.54, 1.807) is 30.3 Å². The zero-order chi connectivity index (χ0) is 23.4. The Kier molecular flexibility index (Phi) is 6.91. The fourth-order valence-corrected chi connectivity index (χ4v) is 4.25. The van der Waals surface area contributed by atoms with Gasteiger partial charge in [0.1, 0.15) is 12.4 Å². The number of benzene rings is 3. The maximum absolute atomic E-state index is 12.9. The van der Waals surface area contributed by atoms with Gasteiger partial charge >= 0.3 is 0 Å². The topological polar surface area (TPSA) is 76.1 Å². The van der Waals surface area contributed by atoms with Crippen molar-refractivity contribution in [2.24, 2.45) is 0 Å². The zero-order valence-electron chi connectivity index (χ0n) is 17.7. The summed E-state index contributed by atoms with van der Waals surface area (Å²) in [6, 6.07) is 18.7. The largest absolute Gasteiger partial charge is 0.508 e. The van der Waals surface area contributed by atoms with Gasteiger partial charge in [-0.3, -0.25) is 9.59 Å². The van der Waals surface area contributed by atoms with E-state index in [2.05, 4.69) is 0 Å². The molecule has 3 aromatic rings. The summed E-state index contributed by atoms with van der Waals surface area (Å²) in [5.41, 5.74) is 1.95. The van der Waals surface area contributed by atoms with E-state index in [9.17, 15) is 14.7 Å². The van der Waals surface area contributed by atoms with E-state index in [1.807, 2.05) is 25.1 Å². The molecule has 0 unspecified atom stereocenters. The van der Waals surface area contributed by atoms with Crippen LogP contribution in [0.1, 0.15) is 18.1 Å². The minimum Gasteiger partial charge on any atom is -0.508 e. The molecule has 33 heavy (non-hydrogen) atoms. The number of amides is 2. The van der Waals surface area contributed by atoms with Crippen molar-refractivity contribution < 1.29 is 24.2 Å². The maximum atomic E-state index is 12.9. The van der Waals surface area contributed by atoms with Crippen LogP contribution in [0.2, 0.25) is 5.02 Å². The molecule has 0 saturated carbocycles. The maximum Gasteiger partial charge on any atom is 0.298 e. The van der Waals surface area contributed by atoms with Gasteiger partial charge in [-0.15, -0.1) is 0 Å². The highest BCUT2D eigenvalue weighted by atomic mass is 35.5. The molecule has 1 heterocycles. The normalized spacial score (nSPS) is 14.7. The van der Waals surface area contributed by atoms with Crippen LogP contribution in [-0.2, 0) is 11.4 Å². The average molecular weight is 482 g/mol. The summed E-state index contributed by atoms with van der Waals surface area (Å²) in [5, 5.41) is 9.67. The summed E-state index contributed by atoms with van der Waals surface area (Å²) in [7, 11) is 0. The van der Waals surface area contributed by atoms with Crippen LogP contribution in [0, 0.1) is 0 Å². The zero-order valence-corrected chi connectivity index (χ0v) is 19.2. The Morgan fingerprint density at radius 3 is 2.48 bits per heavy atom. The molecule has 1 saturated heterocycles. The third kappa shape index (κ3) is 5.16. The fourth-order valence-electron chi connectivity index (χ4n) is 3.22. The Labute approximate surface area is 200 Å². The van der Waals surface area contributed by atoms with Crippen LogP contribution in [0.25, 0.3) is 6.08 Å². The second-order valence-electron chi connectivity index (χ2n) is 7.05. The molecule has 6 nitrogen and oxygen atoms in total. The lowest BCUT2D eigenvalue weighted by Gasteiger charge is -2.13. The number of phenolic OH excluding ortho intramolecular Hbond substituents is 1. The summed E-state index contributed by atoms with van der Waals surface area (Å²) >= 11 is 7.06. The van der Waals surface area contributed by atoms with E-state index in [0.717, 1.165) is 22.2 Å². The summed E-state index contributed by atoms with van der Waals surface area (Å²) in [5.74, 6) is 0.705. The SMILES string of the molecule is CCOc1cc(/C=C2\SC(=O)N(c3ccc(O)cc3)C2=O)ccc1OCc1ccccc1Cl. The van der Waals surface area contributed by atoms with Gasteiger partial charge < -0.3 is 14.6 Å². The summed E-state index contributed by atoms with van der Waals surface area (Å²) < 4.78 is 11.6. The van der Waals surface area contributed by atoms with E-state index in [4.69, 9.17) is 21.1 Å². The Morgan fingerprint density at radius 1 is 1.00 bits per heavy atom. The number of ether oxygens (including phenoxy) is 2. The molecule has 0 aliphatic carbocycles. The Morgan fingerprint density at radius 2 is 1.76 bits per heavy atom. The monoisotopic (exact) mass is 481 g/mol. The number of carbonyl (C=O) groups is 2. The van der Waals surface area contributed by atoms with Gasteiger partial charge in [0.05, 0.1) is 17.2 Å². The number of nitrogens with zero attached hydrogens (tertiary/aromatic N) is 1. The fraction of sp³-hybridized carbons (Fsp3) is 0.120. The first-order valence-electron chi connectivity index (χ1n) is 10.2. The van der Waals surface area contributed by atoms with Gasteiger partial charge in [0, 0.05) is 10.6 Å². The van der Waals surface area contributed by atoms with Crippen molar-refractivity contribution in [2.75, 3.05) is 11.5 Å². The molecule has 1 aliphatic heterocycles. The molecule has 8 heteroatoms. The lowest BCUT2D eigenvalue weighted by Crippen LogP contribution is -2.27. The van der Waals surface area contributed by atoms with Crippen LogP contribution >= 0.6 is 23.4 Å². The third-order valence-corrected chi connectivity index (χ3v) is 6.05. The third-order valence-electron chi connectivity index (χ3n) is 4.81. The number of phenols is 1. The van der Waals surface area contributed by atoms with Crippen LogP contribution in [0.3, 0.4) is 0 Å². The van der Waals surface area contributed by atoms with Crippen LogP contribution < -0.4 is 14.4 Å². The highest BCUT2D eigenvalue weighted by Crippen LogP contribution is 2.37. The van der Waals surface area contributed by atoms with Crippen LogP contribution in [-0.4, -0.2) is 22.9 Å². The van der Waals surface area contributed by atoms with Gasteiger partial charge in [-0.1, -0.05) is 35.9 Å². The van der Waals surface area contributed by atoms with Crippen molar-refractivity contribution >= 4 is 46.3 Å². The molecule has 0 spiro atoms. The van der Waals surface area contributed by atoms with E-state index < -0.39 is 11.1 Å². The number of carbonyl (C=O) groups excluding carboxylic acids is 2. The first-order chi connectivity index (χ1) is 16.0. The van der Waals surface area contributed by atoms with Gasteiger partial charge in [-0.25, -0.2) is 4.90 Å². The molecule has 2 amide bonds. The van der Waals surface area contributed by atoms with Gasteiger partial charge in [0.2, 0.25) is 0 Å². The van der Waals surface area contributed by atoms with Crippen LogP contribution in [0.4, 0.5) is 10.5 Å². The first-order valence-corrected chi connectivity index (χ1v) is 11.4.